The molecule has 0 fully saturated rings. The first kappa shape index (κ1) is 30.1. The van der Waals surface area contributed by atoms with Crippen LogP contribution in [0.3, 0.4) is 0 Å². The summed E-state index contributed by atoms with van der Waals surface area (Å²) < 4.78 is 16.2. The molecule has 0 saturated carbocycles. The normalized spacial score (nSPS) is 11.0. The third-order valence-corrected chi connectivity index (χ3v) is 7.05. The third-order valence-electron chi connectivity index (χ3n) is 5.72. The van der Waals surface area contributed by atoms with Crippen molar-refractivity contribution >= 4 is 41.2 Å². The van der Waals surface area contributed by atoms with Gasteiger partial charge in [-0.25, -0.2) is 9.59 Å². The largest absolute Gasteiger partial charge is 0.489 e. The van der Waals surface area contributed by atoms with Crippen molar-refractivity contribution < 1.29 is 28.6 Å². The minimum absolute atomic E-state index is 0.0464. The minimum atomic E-state index is -1.96. The van der Waals surface area contributed by atoms with Crippen LogP contribution in [0.5, 0.6) is 5.75 Å². The second-order valence-corrected chi connectivity index (χ2v) is 10.2. The fraction of sp³-hybridized carbons (Fsp3) is 0.300. The van der Waals surface area contributed by atoms with Gasteiger partial charge in [-0.05, 0) is 68.1 Å². The van der Waals surface area contributed by atoms with Crippen LogP contribution in [0, 0.1) is 0 Å². The van der Waals surface area contributed by atoms with E-state index in [2.05, 4.69) is 5.32 Å². The highest BCUT2D eigenvalue weighted by molar-refractivity contribution is 7.99. The molecule has 206 valence electrons. The van der Waals surface area contributed by atoms with Gasteiger partial charge in [0.25, 0.3) is 0 Å². The van der Waals surface area contributed by atoms with E-state index >= 15 is 0 Å². The quantitative estimate of drug-likeness (QED) is 0.199. The van der Waals surface area contributed by atoms with E-state index in [-0.39, 0.29) is 26.1 Å². The molecule has 3 aromatic rings. The maximum atomic E-state index is 12.9. The van der Waals surface area contributed by atoms with Crippen LogP contribution in [0.15, 0.2) is 82.6 Å². The molecule has 3 aromatic carbocycles. The van der Waals surface area contributed by atoms with Gasteiger partial charge in [0.15, 0.2) is 0 Å². The van der Waals surface area contributed by atoms with Crippen LogP contribution >= 0.6 is 23.4 Å². The summed E-state index contributed by atoms with van der Waals surface area (Å²) in [4.78, 5) is 39.5. The van der Waals surface area contributed by atoms with Crippen LogP contribution in [0.2, 0.25) is 5.02 Å². The number of nitrogens with one attached hydrogen (secondary N) is 1. The Morgan fingerprint density at radius 3 is 2.15 bits per heavy atom. The number of halogens is 1. The Balaban J connectivity index is 1.72. The van der Waals surface area contributed by atoms with Crippen molar-refractivity contribution in [1.29, 1.82) is 0 Å². The molecule has 0 aliphatic heterocycles. The summed E-state index contributed by atoms with van der Waals surface area (Å²) in [6, 6.07) is 23.3. The number of hydrogen-bond donors (Lipinski definition) is 1. The van der Waals surface area contributed by atoms with Crippen molar-refractivity contribution in [2.24, 2.45) is 0 Å². The van der Waals surface area contributed by atoms with Gasteiger partial charge in [0, 0.05) is 21.7 Å². The van der Waals surface area contributed by atoms with Crippen LogP contribution in [0.25, 0.3) is 0 Å². The number of rotatable bonds is 13. The molecule has 0 heterocycles. The smallest absolute Gasteiger partial charge is 0.343 e. The molecular formula is C30H32ClNO6S. The fourth-order valence-electron chi connectivity index (χ4n) is 3.88. The van der Waals surface area contributed by atoms with Crippen molar-refractivity contribution in [3.63, 3.8) is 0 Å². The number of benzene rings is 3. The number of carbonyl (C=O) groups excluding carboxylic acids is 3. The molecular weight excluding hydrogens is 538 g/mol. The molecule has 0 aliphatic carbocycles. The summed E-state index contributed by atoms with van der Waals surface area (Å²) in [5, 5.41) is 2.95. The number of carbonyl (C=O) groups is 3. The van der Waals surface area contributed by atoms with Crippen LogP contribution < -0.4 is 10.1 Å². The molecule has 0 radical (unpaired) electrons. The van der Waals surface area contributed by atoms with E-state index in [9.17, 15) is 14.4 Å². The van der Waals surface area contributed by atoms with E-state index in [0.29, 0.717) is 17.2 Å². The van der Waals surface area contributed by atoms with E-state index in [1.165, 1.54) is 18.7 Å². The first-order valence-electron chi connectivity index (χ1n) is 12.6. The van der Waals surface area contributed by atoms with Crippen molar-refractivity contribution in [3.05, 3.63) is 88.9 Å². The van der Waals surface area contributed by atoms with Crippen molar-refractivity contribution in [3.8, 4) is 5.75 Å². The predicted octanol–water partition coefficient (Wildman–Crippen LogP) is 6.00. The van der Waals surface area contributed by atoms with Gasteiger partial charge in [-0.2, -0.15) is 0 Å². The molecule has 1 amide bonds. The maximum Gasteiger partial charge on any atom is 0.343 e. The van der Waals surface area contributed by atoms with E-state index < -0.39 is 23.4 Å². The summed E-state index contributed by atoms with van der Waals surface area (Å²) >= 11 is 8.13. The number of esters is 2. The second-order valence-electron chi connectivity index (χ2n) is 8.63. The van der Waals surface area contributed by atoms with E-state index in [4.69, 9.17) is 25.8 Å². The van der Waals surface area contributed by atoms with Crippen molar-refractivity contribution in [2.75, 3.05) is 13.2 Å². The van der Waals surface area contributed by atoms with Gasteiger partial charge in [-0.3, -0.25) is 4.79 Å². The van der Waals surface area contributed by atoms with E-state index in [1.54, 1.807) is 13.8 Å². The monoisotopic (exact) mass is 569 g/mol. The molecule has 0 aromatic heterocycles. The standard InChI is InChI=1S/C30H32ClNO6S/c1-4-36-28(34)30(32-21(3)33,29(35)37-5-2)17-16-23-14-15-26(19-27(23)31)39-25-13-9-12-24(18-25)38-20-22-10-7-6-8-11-22/h6-15,18-19H,4-5,16-17,20H2,1-3H3,(H,32,33). The zero-order chi connectivity index (χ0) is 28.3. The maximum absolute atomic E-state index is 12.9. The van der Waals surface area contributed by atoms with Crippen molar-refractivity contribution in [2.45, 2.75) is 55.5 Å². The van der Waals surface area contributed by atoms with Gasteiger partial charge in [-0.15, -0.1) is 0 Å². The predicted molar refractivity (Wildman–Crippen MR) is 151 cm³/mol. The van der Waals surface area contributed by atoms with E-state index in [0.717, 1.165) is 21.1 Å². The van der Waals surface area contributed by atoms with Gasteiger partial charge >= 0.3 is 11.9 Å². The number of amides is 1. The first-order chi connectivity index (χ1) is 18.8. The molecule has 0 unspecified atom stereocenters. The molecule has 0 aliphatic rings. The molecule has 0 spiro atoms. The van der Waals surface area contributed by atoms with Crippen molar-refractivity contribution in [1.82, 2.24) is 5.32 Å². The summed E-state index contributed by atoms with van der Waals surface area (Å²) in [7, 11) is 0. The Labute approximate surface area is 238 Å². The SMILES string of the molecule is CCOC(=O)C(CCc1ccc(Sc2cccc(OCc3ccccc3)c2)cc1Cl)(NC(C)=O)C(=O)OCC. The van der Waals surface area contributed by atoms with Gasteiger partial charge < -0.3 is 19.5 Å². The number of aryl methyl sites for hydroxylation is 1. The molecule has 0 bridgehead atoms. The molecule has 9 heteroatoms. The second kappa shape index (κ2) is 14.6. The summed E-state index contributed by atoms with van der Waals surface area (Å²) in [5.41, 5.74) is -0.162. The Bertz CT molecular complexity index is 1270. The van der Waals surface area contributed by atoms with Gasteiger partial charge in [0.2, 0.25) is 11.4 Å². The number of ether oxygens (including phenoxy) is 3. The lowest BCUT2D eigenvalue weighted by molar-refractivity contribution is -0.168. The topological polar surface area (TPSA) is 90.9 Å². The van der Waals surface area contributed by atoms with Crippen LogP contribution in [0.4, 0.5) is 0 Å². The van der Waals surface area contributed by atoms with Gasteiger partial charge in [0.1, 0.15) is 12.4 Å². The molecule has 1 N–H and O–H groups in total. The van der Waals surface area contributed by atoms with E-state index in [1.807, 2.05) is 72.8 Å². The zero-order valence-electron chi connectivity index (χ0n) is 22.2. The molecule has 3 rings (SSSR count). The van der Waals surface area contributed by atoms with Crippen LogP contribution in [-0.4, -0.2) is 36.6 Å². The average molecular weight is 570 g/mol. The Morgan fingerprint density at radius 1 is 0.872 bits per heavy atom. The molecule has 0 saturated heterocycles. The highest BCUT2D eigenvalue weighted by Crippen LogP contribution is 2.33. The lowest BCUT2D eigenvalue weighted by Crippen LogP contribution is -2.61. The average Bonchev–Trinajstić information content (AvgIpc) is 2.91. The Morgan fingerprint density at radius 2 is 1.54 bits per heavy atom. The van der Waals surface area contributed by atoms with Crippen LogP contribution in [-0.2, 0) is 36.9 Å². The lowest BCUT2D eigenvalue weighted by Gasteiger charge is -2.29. The summed E-state index contributed by atoms with van der Waals surface area (Å²) in [6.07, 6.45) is 0.155. The summed E-state index contributed by atoms with van der Waals surface area (Å²) in [5.74, 6) is -1.52. The highest BCUT2D eigenvalue weighted by atomic mass is 35.5. The third kappa shape index (κ3) is 8.50. The Kier molecular flexibility index (Phi) is 11.3. The Hall–Kier alpha value is -3.49. The zero-order valence-corrected chi connectivity index (χ0v) is 23.8. The molecule has 39 heavy (non-hydrogen) atoms. The summed E-state index contributed by atoms with van der Waals surface area (Å²) in [6.45, 7) is 5.05. The number of hydrogen-bond acceptors (Lipinski definition) is 7. The highest BCUT2D eigenvalue weighted by Gasteiger charge is 2.49. The lowest BCUT2D eigenvalue weighted by atomic mass is 9.90. The van der Waals surface area contributed by atoms with Gasteiger partial charge in [0.05, 0.1) is 13.2 Å². The first-order valence-corrected chi connectivity index (χ1v) is 13.8. The molecule has 7 nitrogen and oxygen atoms in total. The minimum Gasteiger partial charge on any atom is -0.489 e. The molecule has 0 atom stereocenters. The fourth-order valence-corrected chi connectivity index (χ4v) is 5.13. The van der Waals surface area contributed by atoms with Gasteiger partial charge in [-0.1, -0.05) is 65.8 Å². The van der Waals surface area contributed by atoms with Crippen LogP contribution in [0.1, 0.15) is 38.3 Å².